The van der Waals surface area contributed by atoms with Gasteiger partial charge in [0.15, 0.2) is 9.84 Å². The lowest BCUT2D eigenvalue weighted by Gasteiger charge is -2.06. The molecule has 1 aliphatic heterocycles. The molecule has 0 bridgehead atoms. The van der Waals surface area contributed by atoms with E-state index in [1.165, 1.54) is 5.41 Å². The van der Waals surface area contributed by atoms with Crippen molar-refractivity contribution in [2.45, 2.75) is 5.92 Å². The van der Waals surface area contributed by atoms with E-state index in [1.54, 1.807) is 18.2 Å². The van der Waals surface area contributed by atoms with Gasteiger partial charge in [-0.05, 0) is 17.7 Å². The molecular weight excluding hydrogens is 220 g/mol. The van der Waals surface area contributed by atoms with Gasteiger partial charge in [-0.3, -0.25) is 0 Å². The molecule has 0 spiro atoms. The molecule has 4 heteroatoms. The van der Waals surface area contributed by atoms with Crippen LogP contribution >= 0.6 is 11.6 Å². The summed E-state index contributed by atoms with van der Waals surface area (Å²) in [5, 5.41) is 1.95. The Morgan fingerprint density at radius 1 is 1.21 bits per heavy atom. The standard InChI is InChI=1S/C10H9ClO2S/c11-10-3-1-8(2-4-10)9-5-6-14(12,13)7-9/h1-6,9H,7H2/t9-/m0/s1. The maximum Gasteiger partial charge on any atom is 0.172 e. The van der Waals surface area contributed by atoms with Crippen molar-refractivity contribution in [1.29, 1.82) is 0 Å². The molecule has 1 heterocycles. The molecule has 1 atom stereocenters. The third kappa shape index (κ3) is 1.99. The minimum Gasteiger partial charge on any atom is -0.224 e. The highest BCUT2D eigenvalue weighted by molar-refractivity contribution is 7.94. The van der Waals surface area contributed by atoms with Crippen LogP contribution in [0.15, 0.2) is 35.7 Å². The molecule has 0 fully saturated rings. The van der Waals surface area contributed by atoms with E-state index < -0.39 is 9.84 Å². The van der Waals surface area contributed by atoms with Gasteiger partial charge >= 0.3 is 0 Å². The van der Waals surface area contributed by atoms with Crippen LogP contribution < -0.4 is 0 Å². The fraction of sp³-hybridized carbons (Fsp3) is 0.200. The minimum absolute atomic E-state index is 0.0164. The quantitative estimate of drug-likeness (QED) is 0.740. The van der Waals surface area contributed by atoms with Crippen LogP contribution in [0.1, 0.15) is 11.5 Å². The van der Waals surface area contributed by atoms with Crippen LogP contribution in [-0.4, -0.2) is 14.2 Å². The average Bonchev–Trinajstić information content (AvgIpc) is 2.47. The van der Waals surface area contributed by atoms with E-state index >= 15 is 0 Å². The second-order valence-corrected chi connectivity index (χ2v) is 5.68. The van der Waals surface area contributed by atoms with Crippen LogP contribution in [0.2, 0.25) is 5.02 Å². The highest BCUT2D eigenvalue weighted by Gasteiger charge is 2.22. The van der Waals surface area contributed by atoms with Gasteiger partial charge in [-0.1, -0.05) is 29.8 Å². The van der Waals surface area contributed by atoms with E-state index in [0.717, 1.165) is 5.56 Å². The molecule has 0 amide bonds. The maximum absolute atomic E-state index is 11.2. The monoisotopic (exact) mass is 228 g/mol. The van der Waals surface area contributed by atoms with Gasteiger partial charge in [0.2, 0.25) is 0 Å². The number of hydrogen-bond acceptors (Lipinski definition) is 2. The Labute approximate surface area is 88.1 Å². The number of sulfone groups is 1. The molecule has 0 saturated carbocycles. The summed E-state index contributed by atoms with van der Waals surface area (Å²) in [6.07, 6.45) is 1.72. The predicted molar refractivity (Wildman–Crippen MR) is 57.1 cm³/mol. The Bertz CT molecular complexity index is 459. The lowest BCUT2D eigenvalue weighted by Crippen LogP contribution is -2.03. The van der Waals surface area contributed by atoms with Crippen LogP contribution in [0.3, 0.4) is 0 Å². The van der Waals surface area contributed by atoms with Crippen LogP contribution in [-0.2, 0) is 9.84 Å². The number of hydrogen-bond donors (Lipinski definition) is 0. The van der Waals surface area contributed by atoms with E-state index in [4.69, 9.17) is 11.6 Å². The van der Waals surface area contributed by atoms with Crippen molar-refractivity contribution < 1.29 is 8.42 Å². The largest absolute Gasteiger partial charge is 0.224 e. The van der Waals surface area contributed by atoms with Crippen LogP contribution in [0.25, 0.3) is 0 Å². The van der Waals surface area contributed by atoms with E-state index in [-0.39, 0.29) is 11.7 Å². The maximum atomic E-state index is 11.2. The Morgan fingerprint density at radius 2 is 1.86 bits per heavy atom. The molecule has 0 radical (unpaired) electrons. The van der Waals surface area contributed by atoms with Crippen molar-refractivity contribution >= 4 is 21.4 Å². The normalized spacial score (nSPS) is 23.9. The van der Waals surface area contributed by atoms with Gasteiger partial charge in [0.25, 0.3) is 0 Å². The third-order valence-corrected chi connectivity index (χ3v) is 3.88. The second-order valence-electron chi connectivity index (χ2n) is 3.32. The highest BCUT2D eigenvalue weighted by atomic mass is 35.5. The molecule has 0 aliphatic carbocycles. The first-order chi connectivity index (χ1) is 6.57. The van der Waals surface area contributed by atoms with Crippen LogP contribution in [0.5, 0.6) is 0 Å². The number of allylic oxidation sites excluding steroid dienone is 1. The summed E-state index contributed by atoms with van der Waals surface area (Å²) >= 11 is 5.74. The van der Waals surface area contributed by atoms with Crippen molar-refractivity contribution in [3.05, 3.63) is 46.3 Å². The molecule has 74 valence electrons. The summed E-state index contributed by atoms with van der Waals surface area (Å²) in [5.41, 5.74) is 0.992. The summed E-state index contributed by atoms with van der Waals surface area (Å²) in [7, 11) is -2.97. The van der Waals surface area contributed by atoms with Crippen LogP contribution in [0, 0.1) is 0 Å². The van der Waals surface area contributed by atoms with E-state index in [9.17, 15) is 8.42 Å². The van der Waals surface area contributed by atoms with Gasteiger partial charge in [0.05, 0.1) is 5.75 Å². The van der Waals surface area contributed by atoms with E-state index in [0.29, 0.717) is 5.02 Å². The smallest absolute Gasteiger partial charge is 0.172 e. The Morgan fingerprint density at radius 3 is 2.36 bits per heavy atom. The molecule has 14 heavy (non-hydrogen) atoms. The van der Waals surface area contributed by atoms with Gasteiger partial charge in [-0.15, -0.1) is 0 Å². The summed E-state index contributed by atoms with van der Waals surface area (Å²) in [6, 6.07) is 7.27. The molecule has 0 aromatic heterocycles. The molecule has 1 aliphatic rings. The fourth-order valence-corrected chi connectivity index (χ4v) is 2.96. The predicted octanol–water partition coefficient (Wildman–Crippen LogP) is 2.37. The Kier molecular flexibility index (Phi) is 2.37. The lowest BCUT2D eigenvalue weighted by atomic mass is 10.0. The first kappa shape index (κ1) is 9.74. The molecular formula is C10H9ClO2S. The second kappa shape index (κ2) is 3.41. The van der Waals surface area contributed by atoms with Crippen LogP contribution in [0.4, 0.5) is 0 Å². The molecule has 0 N–H and O–H groups in total. The molecule has 0 unspecified atom stereocenters. The van der Waals surface area contributed by atoms with E-state index in [1.807, 2.05) is 12.1 Å². The first-order valence-electron chi connectivity index (χ1n) is 4.23. The average molecular weight is 229 g/mol. The van der Waals surface area contributed by atoms with Crippen molar-refractivity contribution in [3.63, 3.8) is 0 Å². The summed E-state index contributed by atoms with van der Waals surface area (Å²) in [5.74, 6) is 0.159. The molecule has 2 rings (SSSR count). The van der Waals surface area contributed by atoms with Gasteiger partial charge in [0, 0.05) is 16.3 Å². The van der Waals surface area contributed by atoms with Gasteiger partial charge in [0.1, 0.15) is 0 Å². The Hall–Kier alpha value is -0.800. The van der Waals surface area contributed by atoms with Gasteiger partial charge in [-0.25, -0.2) is 8.42 Å². The zero-order valence-corrected chi connectivity index (χ0v) is 8.92. The molecule has 1 aromatic carbocycles. The minimum atomic E-state index is -2.97. The van der Waals surface area contributed by atoms with Crippen molar-refractivity contribution in [3.8, 4) is 0 Å². The van der Waals surface area contributed by atoms with Gasteiger partial charge in [-0.2, -0.15) is 0 Å². The van der Waals surface area contributed by atoms with Crippen molar-refractivity contribution in [2.24, 2.45) is 0 Å². The molecule has 2 nitrogen and oxygen atoms in total. The summed E-state index contributed by atoms with van der Waals surface area (Å²) in [4.78, 5) is 0. The first-order valence-corrected chi connectivity index (χ1v) is 6.33. The zero-order valence-electron chi connectivity index (χ0n) is 7.35. The highest BCUT2D eigenvalue weighted by Crippen LogP contribution is 2.26. The summed E-state index contributed by atoms with van der Waals surface area (Å²) in [6.45, 7) is 0. The SMILES string of the molecule is O=S1(=O)C=C[C@H](c2ccc(Cl)cc2)C1. The zero-order chi connectivity index (χ0) is 10.2. The third-order valence-electron chi connectivity index (χ3n) is 2.23. The van der Waals surface area contributed by atoms with Crippen molar-refractivity contribution in [2.75, 3.05) is 5.75 Å². The fourth-order valence-electron chi connectivity index (χ4n) is 1.49. The molecule has 1 aromatic rings. The Balaban J connectivity index is 2.27. The van der Waals surface area contributed by atoms with Crippen molar-refractivity contribution in [1.82, 2.24) is 0 Å². The lowest BCUT2D eigenvalue weighted by molar-refractivity contribution is 0.604. The number of halogens is 1. The number of benzene rings is 1. The topological polar surface area (TPSA) is 34.1 Å². The number of rotatable bonds is 1. The summed E-state index contributed by atoms with van der Waals surface area (Å²) < 4.78 is 22.3. The van der Waals surface area contributed by atoms with E-state index in [2.05, 4.69) is 0 Å². The molecule has 0 saturated heterocycles. The van der Waals surface area contributed by atoms with Gasteiger partial charge < -0.3 is 0 Å².